The lowest BCUT2D eigenvalue weighted by molar-refractivity contribution is 0.151. The van der Waals surface area contributed by atoms with Gasteiger partial charge in [-0.2, -0.15) is 0 Å². The smallest absolute Gasteiger partial charge is 0.263 e. The average Bonchev–Trinajstić information content (AvgIpc) is 2.05. The molecule has 0 saturated carbocycles. The standard InChI is InChI=1S/C8H7F2NO/c9-8(10)7-3-1-2-6(4-7)5-11-12/h1-5,8,12H. The summed E-state index contributed by atoms with van der Waals surface area (Å²) < 4.78 is 24.2. The fourth-order valence-corrected chi connectivity index (χ4v) is 0.842. The van der Waals surface area contributed by atoms with Crippen LogP contribution in [0.3, 0.4) is 0 Å². The van der Waals surface area contributed by atoms with Gasteiger partial charge in [-0.25, -0.2) is 8.78 Å². The Kier molecular flexibility index (Phi) is 2.74. The molecule has 1 aromatic carbocycles. The SMILES string of the molecule is ON=Cc1cccc(C(F)F)c1. The molecule has 0 fully saturated rings. The van der Waals surface area contributed by atoms with Crippen LogP contribution in [-0.4, -0.2) is 11.4 Å². The second-order valence-electron chi connectivity index (χ2n) is 2.22. The van der Waals surface area contributed by atoms with Crippen LogP contribution in [0.5, 0.6) is 0 Å². The summed E-state index contributed by atoms with van der Waals surface area (Å²) in [6, 6.07) is 5.65. The lowest BCUT2D eigenvalue weighted by atomic mass is 10.1. The number of nitrogens with zero attached hydrogens (tertiary/aromatic N) is 1. The second kappa shape index (κ2) is 3.80. The first-order valence-corrected chi connectivity index (χ1v) is 3.29. The topological polar surface area (TPSA) is 32.6 Å². The van der Waals surface area contributed by atoms with Gasteiger partial charge in [0.05, 0.1) is 6.21 Å². The van der Waals surface area contributed by atoms with Gasteiger partial charge in [0, 0.05) is 5.56 Å². The van der Waals surface area contributed by atoms with Crippen molar-refractivity contribution in [3.05, 3.63) is 35.4 Å². The van der Waals surface area contributed by atoms with Crippen LogP contribution in [0.2, 0.25) is 0 Å². The molecule has 0 aliphatic rings. The lowest BCUT2D eigenvalue weighted by Gasteiger charge is -1.98. The third-order valence-electron chi connectivity index (χ3n) is 1.37. The zero-order chi connectivity index (χ0) is 8.97. The van der Waals surface area contributed by atoms with E-state index in [9.17, 15) is 8.78 Å². The van der Waals surface area contributed by atoms with Crippen LogP contribution in [-0.2, 0) is 0 Å². The predicted molar refractivity (Wildman–Crippen MR) is 40.8 cm³/mol. The molecule has 1 rings (SSSR count). The molecule has 4 heteroatoms. The first kappa shape index (κ1) is 8.64. The summed E-state index contributed by atoms with van der Waals surface area (Å²) in [5, 5.41) is 10.9. The van der Waals surface area contributed by atoms with Gasteiger partial charge in [-0.05, 0) is 11.6 Å². The zero-order valence-corrected chi connectivity index (χ0v) is 6.11. The minimum Gasteiger partial charge on any atom is -0.411 e. The second-order valence-corrected chi connectivity index (χ2v) is 2.22. The third kappa shape index (κ3) is 2.02. The van der Waals surface area contributed by atoms with Crippen LogP contribution >= 0.6 is 0 Å². The highest BCUT2D eigenvalue weighted by Crippen LogP contribution is 2.18. The van der Waals surface area contributed by atoms with E-state index in [0.29, 0.717) is 5.56 Å². The molecule has 0 bridgehead atoms. The largest absolute Gasteiger partial charge is 0.411 e. The predicted octanol–water partition coefficient (Wildman–Crippen LogP) is 2.43. The van der Waals surface area contributed by atoms with Gasteiger partial charge in [0.25, 0.3) is 6.43 Å². The molecule has 64 valence electrons. The Hall–Kier alpha value is -1.45. The molecule has 0 aromatic heterocycles. The van der Waals surface area contributed by atoms with Crippen molar-refractivity contribution >= 4 is 6.21 Å². The van der Waals surface area contributed by atoms with E-state index < -0.39 is 6.43 Å². The molecule has 0 radical (unpaired) electrons. The Balaban J connectivity index is 2.95. The zero-order valence-electron chi connectivity index (χ0n) is 6.11. The molecule has 0 saturated heterocycles. The van der Waals surface area contributed by atoms with Gasteiger partial charge in [-0.3, -0.25) is 0 Å². The Labute approximate surface area is 68.1 Å². The summed E-state index contributed by atoms with van der Waals surface area (Å²) in [6.07, 6.45) is -1.39. The van der Waals surface area contributed by atoms with Gasteiger partial charge in [-0.1, -0.05) is 23.4 Å². The number of oxime groups is 1. The third-order valence-corrected chi connectivity index (χ3v) is 1.37. The van der Waals surface area contributed by atoms with Crippen molar-refractivity contribution in [1.82, 2.24) is 0 Å². The van der Waals surface area contributed by atoms with E-state index in [1.165, 1.54) is 18.2 Å². The molecule has 1 N–H and O–H groups in total. The molecule has 0 amide bonds. The minimum atomic E-state index is -2.49. The van der Waals surface area contributed by atoms with Crippen molar-refractivity contribution in [3.8, 4) is 0 Å². The molecule has 0 unspecified atom stereocenters. The summed E-state index contributed by atoms with van der Waals surface area (Å²) >= 11 is 0. The highest BCUT2D eigenvalue weighted by Gasteiger charge is 2.05. The Morgan fingerprint density at radius 2 is 2.17 bits per heavy atom. The van der Waals surface area contributed by atoms with Gasteiger partial charge >= 0.3 is 0 Å². The molecule has 0 heterocycles. The maximum Gasteiger partial charge on any atom is 0.263 e. The molecular formula is C8H7F2NO. The number of hydrogen-bond donors (Lipinski definition) is 1. The molecule has 2 nitrogen and oxygen atoms in total. The van der Waals surface area contributed by atoms with Gasteiger partial charge in [-0.15, -0.1) is 0 Å². The Morgan fingerprint density at radius 1 is 1.42 bits per heavy atom. The summed E-state index contributed by atoms with van der Waals surface area (Å²) in [6.45, 7) is 0. The highest BCUT2D eigenvalue weighted by atomic mass is 19.3. The first-order chi connectivity index (χ1) is 5.74. The van der Waals surface area contributed by atoms with Crippen LogP contribution in [0.15, 0.2) is 29.4 Å². The molecule has 12 heavy (non-hydrogen) atoms. The van der Waals surface area contributed by atoms with E-state index in [1.54, 1.807) is 6.07 Å². The van der Waals surface area contributed by atoms with Crippen molar-refractivity contribution in [2.75, 3.05) is 0 Å². The van der Waals surface area contributed by atoms with Crippen LogP contribution in [0.4, 0.5) is 8.78 Å². The summed E-state index contributed by atoms with van der Waals surface area (Å²) in [4.78, 5) is 0. The summed E-state index contributed by atoms with van der Waals surface area (Å²) in [7, 11) is 0. The summed E-state index contributed by atoms with van der Waals surface area (Å²) in [5.74, 6) is 0. The number of rotatable bonds is 2. The molecule has 0 spiro atoms. The number of benzene rings is 1. The van der Waals surface area contributed by atoms with Crippen molar-refractivity contribution in [3.63, 3.8) is 0 Å². The minimum absolute atomic E-state index is 0.0765. The van der Waals surface area contributed by atoms with Crippen LogP contribution in [0.1, 0.15) is 17.6 Å². The quantitative estimate of drug-likeness (QED) is 0.413. The van der Waals surface area contributed by atoms with Crippen molar-refractivity contribution < 1.29 is 14.0 Å². The van der Waals surface area contributed by atoms with Crippen molar-refractivity contribution in [2.24, 2.45) is 5.16 Å². The van der Waals surface area contributed by atoms with Gasteiger partial charge in [0.15, 0.2) is 0 Å². The lowest BCUT2D eigenvalue weighted by Crippen LogP contribution is -1.87. The van der Waals surface area contributed by atoms with Gasteiger partial charge < -0.3 is 5.21 Å². The number of hydrogen-bond acceptors (Lipinski definition) is 2. The summed E-state index contributed by atoms with van der Waals surface area (Å²) in [5.41, 5.74) is 0.378. The highest BCUT2D eigenvalue weighted by molar-refractivity contribution is 5.79. The normalized spacial score (nSPS) is 11.2. The van der Waals surface area contributed by atoms with Crippen LogP contribution in [0.25, 0.3) is 0 Å². The number of halogens is 2. The molecule has 0 atom stereocenters. The van der Waals surface area contributed by atoms with E-state index in [4.69, 9.17) is 5.21 Å². The van der Waals surface area contributed by atoms with E-state index in [-0.39, 0.29) is 5.56 Å². The monoisotopic (exact) mass is 171 g/mol. The van der Waals surface area contributed by atoms with E-state index in [0.717, 1.165) is 6.21 Å². The van der Waals surface area contributed by atoms with Gasteiger partial charge in [0.1, 0.15) is 0 Å². The Morgan fingerprint density at radius 3 is 2.75 bits per heavy atom. The van der Waals surface area contributed by atoms with Crippen LogP contribution < -0.4 is 0 Å². The molecule has 0 aliphatic carbocycles. The van der Waals surface area contributed by atoms with Crippen LogP contribution in [0, 0.1) is 0 Å². The fraction of sp³-hybridized carbons (Fsp3) is 0.125. The van der Waals surface area contributed by atoms with E-state index in [1.807, 2.05) is 0 Å². The van der Waals surface area contributed by atoms with Gasteiger partial charge in [0.2, 0.25) is 0 Å². The van der Waals surface area contributed by atoms with E-state index in [2.05, 4.69) is 5.16 Å². The molecule has 0 aliphatic heterocycles. The maximum absolute atomic E-state index is 12.1. The fourth-order valence-electron chi connectivity index (χ4n) is 0.842. The average molecular weight is 171 g/mol. The maximum atomic E-state index is 12.1. The van der Waals surface area contributed by atoms with Crippen molar-refractivity contribution in [1.29, 1.82) is 0 Å². The Bertz CT molecular complexity index is 286. The molecule has 1 aromatic rings. The molecular weight excluding hydrogens is 164 g/mol. The van der Waals surface area contributed by atoms with E-state index >= 15 is 0 Å². The first-order valence-electron chi connectivity index (χ1n) is 3.29. The number of alkyl halides is 2. The van der Waals surface area contributed by atoms with Crippen molar-refractivity contribution in [2.45, 2.75) is 6.43 Å².